The van der Waals surface area contributed by atoms with E-state index in [0.29, 0.717) is 6.61 Å². The smallest absolute Gasteiger partial charge is 0.127 e. The zero-order valence-electron chi connectivity index (χ0n) is 17.6. The van der Waals surface area contributed by atoms with Crippen molar-refractivity contribution in [2.24, 2.45) is 0 Å². The Hall–Kier alpha value is -2.22. The van der Waals surface area contributed by atoms with Crippen LogP contribution in [0.25, 0.3) is 0 Å². The van der Waals surface area contributed by atoms with Gasteiger partial charge in [0.05, 0.1) is 0 Å². The van der Waals surface area contributed by atoms with E-state index in [1.807, 2.05) is 12.1 Å². The average molecular weight is 365 g/mol. The van der Waals surface area contributed by atoms with Crippen molar-refractivity contribution in [3.8, 4) is 11.5 Å². The van der Waals surface area contributed by atoms with Crippen molar-refractivity contribution in [1.29, 1.82) is 0 Å². The summed E-state index contributed by atoms with van der Waals surface area (Å²) in [5, 5.41) is 0. The van der Waals surface area contributed by atoms with E-state index in [2.05, 4.69) is 72.4 Å². The highest BCUT2D eigenvalue weighted by Gasteiger charge is 2.39. The van der Waals surface area contributed by atoms with Gasteiger partial charge in [-0.1, -0.05) is 57.2 Å². The number of ether oxygens (including phenoxy) is 2. The minimum absolute atomic E-state index is 0.0304. The number of hydrogen-bond acceptors (Lipinski definition) is 2. The molecule has 2 nitrogen and oxygen atoms in total. The van der Waals surface area contributed by atoms with Crippen LogP contribution in [-0.4, -0.2) is 5.60 Å². The second kappa shape index (κ2) is 7.07. The van der Waals surface area contributed by atoms with Crippen LogP contribution in [0.3, 0.4) is 0 Å². The summed E-state index contributed by atoms with van der Waals surface area (Å²) in [4.78, 5) is 0. The van der Waals surface area contributed by atoms with Crippen molar-refractivity contribution < 1.29 is 9.47 Å². The summed E-state index contributed by atoms with van der Waals surface area (Å²) in [6.45, 7) is 17.8. The van der Waals surface area contributed by atoms with Crippen LogP contribution in [0, 0.1) is 6.92 Å². The lowest BCUT2D eigenvalue weighted by Crippen LogP contribution is -2.25. The van der Waals surface area contributed by atoms with E-state index in [9.17, 15) is 0 Å². The molecular weight excluding hydrogens is 332 g/mol. The highest BCUT2D eigenvalue weighted by atomic mass is 16.5. The summed E-state index contributed by atoms with van der Waals surface area (Å²) in [5.74, 6) is 2.07. The van der Waals surface area contributed by atoms with Crippen LogP contribution >= 0.6 is 0 Å². The molecule has 0 saturated carbocycles. The molecule has 0 spiro atoms. The van der Waals surface area contributed by atoms with Gasteiger partial charge in [0.2, 0.25) is 0 Å². The zero-order chi connectivity index (χ0) is 19.8. The van der Waals surface area contributed by atoms with Crippen LogP contribution in [0.1, 0.15) is 62.4 Å². The lowest BCUT2D eigenvalue weighted by atomic mass is 9.78. The Morgan fingerprint density at radius 2 is 1.85 bits per heavy atom. The first-order valence-corrected chi connectivity index (χ1v) is 9.79. The maximum Gasteiger partial charge on any atom is 0.127 e. The van der Waals surface area contributed by atoms with Crippen LogP contribution in [0.4, 0.5) is 0 Å². The third kappa shape index (κ3) is 3.90. The molecule has 0 fully saturated rings. The van der Waals surface area contributed by atoms with Gasteiger partial charge in [-0.25, -0.2) is 0 Å². The van der Waals surface area contributed by atoms with Gasteiger partial charge >= 0.3 is 0 Å². The van der Waals surface area contributed by atoms with Crippen molar-refractivity contribution in [2.45, 2.75) is 72.0 Å². The molecule has 3 rings (SSSR count). The van der Waals surface area contributed by atoms with Crippen molar-refractivity contribution in [1.82, 2.24) is 0 Å². The maximum absolute atomic E-state index is 6.47. The monoisotopic (exact) mass is 364 g/mol. The molecule has 2 aromatic carbocycles. The number of fused-ring (bicyclic) bond motifs is 1. The molecule has 0 bridgehead atoms. The fourth-order valence-electron chi connectivity index (χ4n) is 4.05. The molecule has 0 aliphatic carbocycles. The number of hydrogen-bond donors (Lipinski definition) is 0. The molecule has 1 heterocycles. The van der Waals surface area contributed by atoms with Gasteiger partial charge in [0.1, 0.15) is 23.7 Å². The first-order chi connectivity index (χ1) is 12.6. The fourth-order valence-corrected chi connectivity index (χ4v) is 4.05. The summed E-state index contributed by atoms with van der Waals surface area (Å²) in [5.41, 5.74) is 5.93. The molecule has 27 heavy (non-hydrogen) atoms. The molecule has 0 radical (unpaired) electrons. The van der Waals surface area contributed by atoms with Gasteiger partial charge < -0.3 is 9.47 Å². The van der Waals surface area contributed by atoms with Gasteiger partial charge in [-0.05, 0) is 43.7 Å². The van der Waals surface area contributed by atoms with E-state index in [1.165, 1.54) is 27.8 Å². The molecule has 0 amide bonds. The predicted octanol–water partition coefficient (Wildman–Crippen LogP) is 6.31. The Labute approximate surface area is 164 Å². The van der Waals surface area contributed by atoms with Crippen LogP contribution in [0.5, 0.6) is 11.5 Å². The molecule has 1 aliphatic heterocycles. The zero-order valence-corrected chi connectivity index (χ0v) is 17.6. The number of rotatable bonds is 5. The minimum Gasteiger partial charge on any atom is -0.488 e. The number of allylic oxidation sites excluding steroid dienone is 1. The predicted molar refractivity (Wildman–Crippen MR) is 113 cm³/mol. The van der Waals surface area contributed by atoms with Gasteiger partial charge in [0, 0.05) is 23.1 Å². The Morgan fingerprint density at radius 1 is 1.19 bits per heavy atom. The molecule has 0 unspecified atom stereocenters. The third-order valence-corrected chi connectivity index (χ3v) is 5.18. The second-order valence-corrected chi connectivity index (χ2v) is 9.17. The summed E-state index contributed by atoms with van der Waals surface area (Å²) in [7, 11) is 0. The second-order valence-electron chi connectivity index (χ2n) is 9.17. The van der Waals surface area contributed by atoms with E-state index in [-0.39, 0.29) is 11.0 Å². The summed E-state index contributed by atoms with van der Waals surface area (Å²) < 4.78 is 12.9. The van der Waals surface area contributed by atoms with Crippen molar-refractivity contribution in [2.75, 3.05) is 0 Å². The maximum atomic E-state index is 6.47. The van der Waals surface area contributed by atoms with Gasteiger partial charge in [0.25, 0.3) is 0 Å². The summed E-state index contributed by atoms with van der Waals surface area (Å²) >= 11 is 0. The largest absolute Gasteiger partial charge is 0.488 e. The van der Waals surface area contributed by atoms with Gasteiger partial charge in [-0.15, -0.1) is 6.58 Å². The lowest BCUT2D eigenvalue weighted by molar-refractivity contribution is 0.137. The highest BCUT2D eigenvalue weighted by Crippen LogP contribution is 2.50. The molecule has 1 aliphatic rings. The quantitative estimate of drug-likeness (QED) is 0.579. The topological polar surface area (TPSA) is 18.5 Å². The first kappa shape index (κ1) is 19.5. The molecule has 2 heteroatoms. The SMILES string of the molecule is C=CCc1c(C)c(OCc2ccccc2)c(C(C)(C)C)c2c1OC(C)(C)C2. The molecule has 144 valence electrons. The molecule has 2 aromatic rings. The van der Waals surface area contributed by atoms with E-state index in [1.54, 1.807) is 0 Å². The van der Waals surface area contributed by atoms with Crippen molar-refractivity contribution >= 4 is 0 Å². The number of benzene rings is 2. The Bertz CT molecular complexity index is 839. The van der Waals surface area contributed by atoms with Crippen LogP contribution in [-0.2, 0) is 24.9 Å². The van der Waals surface area contributed by atoms with Crippen molar-refractivity contribution in [3.05, 3.63) is 70.8 Å². The Morgan fingerprint density at radius 3 is 2.44 bits per heavy atom. The molecular formula is C25H32O2. The van der Waals surface area contributed by atoms with E-state index < -0.39 is 0 Å². The molecule has 0 saturated heterocycles. The lowest BCUT2D eigenvalue weighted by Gasteiger charge is -2.28. The molecule has 0 N–H and O–H groups in total. The van der Waals surface area contributed by atoms with E-state index in [0.717, 1.165) is 24.3 Å². The summed E-state index contributed by atoms with van der Waals surface area (Å²) in [6.07, 6.45) is 3.65. The highest BCUT2D eigenvalue weighted by molar-refractivity contribution is 5.63. The molecule has 0 aromatic heterocycles. The van der Waals surface area contributed by atoms with Crippen molar-refractivity contribution in [3.63, 3.8) is 0 Å². The van der Waals surface area contributed by atoms with E-state index >= 15 is 0 Å². The van der Waals surface area contributed by atoms with Gasteiger partial charge in [0.15, 0.2) is 0 Å². The first-order valence-electron chi connectivity index (χ1n) is 9.79. The van der Waals surface area contributed by atoms with E-state index in [4.69, 9.17) is 9.47 Å². The Kier molecular flexibility index (Phi) is 5.12. The summed E-state index contributed by atoms with van der Waals surface area (Å²) in [6, 6.07) is 10.4. The van der Waals surface area contributed by atoms with Gasteiger partial charge in [-0.2, -0.15) is 0 Å². The third-order valence-electron chi connectivity index (χ3n) is 5.18. The van der Waals surface area contributed by atoms with Gasteiger partial charge in [-0.3, -0.25) is 0 Å². The van der Waals surface area contributed by atoms with Crippen LogP contribution in [0.15, 0.2) is 43.0 Å². The normalized spacial score (nSPS) is 15.2. The fraction of sp³-hybridized carbons (Fsp3) is 0.440. The minimum atomic E-state index is -0.192. The van der Waals surface area contributed by atoms with Crippen LogP contribution < -0.4 is 9.47 Å². The standard InChI is InChI=1S/C25H32O2/c1-8-12-19-17(2)22(26-16-18-13-10-9-11-14-18)21(24(3,4)5)20-15-25(6,7)27-23(19)20/h8-11,13-14H,1,12,15-16H2,2-7H3. The van der Waals surface area contributed by atoms with Crippen LogP contribution in [0.2, 0.25) is 0 Å². The average Bonchev–Trinajstić information content (AvgIpc) is 2.90. The molecule has 0 atom stereocenters. The Balaban J connectivity index is 2.16.